The summed E-state index contributed by atoms with van der Waals surface area (Å²) in [7, 11) is 2.70. The highest BCUT2D eigenvalue weighted by Crippen LogP contribution is 2.66. The summed E-state index contributed by atoms with van der Waals surface area (Å²) in [6, 6.07) is 1.53. The molecule has 4 aliphatic rings. The number of halogens is 4. The van der Waals surface area contributed by atoms with Crippen LogP contribution in [0.15, 0.2) is 26.7 Å². The van der Waals surface area contributed by atoms with E-state index in [2.05, 4.69) is 37.2 Å². The average Bonchev–Trinajstić information content (AvgIpc) is 3.16. The van der Waals surface area contributed by atoms with Crippen molar-refractivity contribution in [2.45, 2.75) is 28.5 Å². The van der Waals surface area contributed by atoms with E-state index < -0.39 is 51.1 Å². The van der Waals surface area contributed by atoms with Gasteiger partial charge in [-0.25, -0.2) is 0 Å². The van der Waals surface area contributed by atoms with Gasteiger partial charge in [0, 0.05) is 17.4 Å². The number of phenolic OH excluding ortho intramolecular Hbond substituents is 1. The van der Waals surface area contributed by atoms with Crippen molar-refractivity contribution in [2.75, 3.05) is 14.2 Å². The zero-order valence-corrected chi connectivity index (χ0v) is 22.5. The first-order chi connectivity index (χ1) is 15.9. The Bertz CT molecular complexity index is 1240. The van der Waals surface area contributed by atoms with Crippen LogP contribution in [0, 0.1) is 17.8 Å². The number of carbonyl (C=O) groups is 4. The quantitative estimate of drug-likeness (QED) is 0.293. The number of benzene rings is 1. The Kier molecular flexibility index (Phi) is 5.45. The number of hydrogen-bond acceptors (Lipinski definition) is 6. The summed E-state index contributed by atoms with van der Waals surface area (Å²) >= 11 is 21.0. The van der Waals surface area contributed by atoms with E-state index >= 15 is 0 Å². The number of amides is 4. The number of methoxy groups -OCH3 is 1. The first-order valence-electron chi connectivity index (χ1n) is 10.4. The van der Waals surface area contributed by atoms with E-state index in [1.54, 1.807) is 0 Å². The first-order valence-corrected chi connectivity index (χ1v) is 12.7. The first kappa shape index (κ1) is 24.1. The highest BCUT2D eigenvalue weighted by atomic mass is 79.9. The Balaban J connectivity index is 1.82. The molecular formula is C22H18Br2Cl2N2O6. The van der Waals surface area contributed by atoms with Crippen LogP contribution in [-0.4, -0.2) is 57.5 Å². The predicted octanol–water partition coefficient (Wildman–Crippen LogP) is 3.20. The molecule has 4 amide bonds. The van der Waals surface area contributed by atoms with Crippen molar-refractivity contribution in [3.63, 3.8) is 0 Å². The number of ether oxygens (including phenoxy) is 1. The van der Waals surface area contributed by atoms with Gasteiger partial charge in [-0.2, -0.15) is 0 Å². The summed E-state index contributed by atoms with van der Waals surface area (Å²) in [5.41, 5.74) is 1.09. The molecule has 2 N–H and O–H groups in total. The van der Waals surface area contributed by atoms with Gasteiger partial charge in [0.2, 0.25) is 11.8 Å². The SMILES string of the molecule is COc1cc(C2C3=CCC4C(=O)NC(=O)C4C3CC3(Cl)C(=O)N(C)C(=O)C23Cl)c(Br)c(Br)c1O. The van der Waals surface area contributed by atoms with Crippen LogP contribution in [0.25, 0.3) is 0 Å². The van der Waals surface area contributed by atoms with Crippen molar-refractivity contribution < 1.29 is 29.0 Å². The van der Waals surface area contributed by atoms with Gasteiger partial charge in [0.05, 0.1) is 23.4 Å². The minimum absolute atomic E-state index is 0.0782. The van der Waals surface area contributed by atoms with Crippen molar-refractivity contribution in [2.24, 2.45) is 17.8 Å². The van der Waals surface area contributed by atoms with Gasteiger partial charge < -0.3 is 9.84 Å². The van der Waals surface area contributed by atoms with Crippen molar-refractivity contribution in [3.05, 3.63) is 32.2 Å². The van der Waals surface area contributed by atoms with Crippen LogP contribution in [0.5, 0.6) is 11.5 Å². The van der Waals surface area contributed by atoms with Crippen LogP contribution in [0.1, 0.15) is 24.3 Å². The maximum atomic E-state index is 13.5. The van der Waals surface area contributed by atoms with Crippen LogP contribution < -0.4 is 10.1 Å². The van der Waals surface area contributed by atoms with Crippen molar-refractivity contribution >= 4 is 78.7 Å². The van der Waals surface area contributed by atoms with Gasteiger partial charge in [-0.05, 0) is 62.2 Å². The molecule has 6 atom stereocenters. The molecule has 1 saturated carbocycles. The molecular weight excluding hydrogens is 619 g/mol. The maximum absolute atomic E-state index is 13.5. The van der Waals surface area contributed by atoms with Gasteiger partial charge in [-0.1, -0.05) is 11.6 Å². The van der Waals surface area contributed by atoms with Gasteiger partial charge in [0.25, 0.3) is 11.8 Å². The summed E-state index contributed by atoms with van der Waals surface area (Å²) in [6.45, 7) is 0. The number of phenols is 1. The number of imide groups is 2. The second-order valence-electron chi connectivity index (χ2n) is 9.00. The van der Waals surface area contributed by atoms with E-state index in [1.165, 1.54) is 20.2 Å². The average molecular weight is 637 g/mol. The lowest BCUT2D eigenvalue weighted by Crippen LogP contribution is -2.60. The minimum Gasteiger partial charge on any atom is -0.503 e. The zero-order valence-electron chi connectivity index (χ0n) is 17.8. The molecule has 8 nitrogen and oxygen atoms in total. The molecule has 0 radical (unpaired) electrons. The molecule has 5 rings (SSSR count). The van der Waals surface area contributed by atoms with Gasteiger partial charge in [-0.15, -0.1) is 23.2 Å². The standard InChI is InChI=1S/C22H18Br2Cl2N2O6/c1-28-19(32)21(25)6-10-7(3-4-8-12(10)18(31)27-17(8)30)13(22(21,26)20(28)33)9-5-11(34-2)16(29)15(24)14(9)23/h3,5,8,10,12-13,29H,4,6H2,1-2H3,(H,27,30,31). The summed E-state index contributed by atoms with van der Waals surface area (Å²) in [5.74, 6) is -5.06. The second kappa shape index (κ2) is 7.69. The summed E-state index contributed by atoms with van der Waals surface area (Å²) in [6.07, 6.45) is 2.02. The Morgan fingerprint density at radius 2 is 1.79 bits per heavy atom. The third kappa shape index (κ3) is 2.77. The number of nitrogens with zero attached hydrogens (tertiary/aromatic N) is 1. The lowest BCUT2D eigenvalue weighted by molar-refractivity contribution is -0.138. The van der Waals surface area contributed by atoms with Gasteiger partial charge in [0.1, 0.15) is 0 Å². The predicted molar refractivity (Wildman–Crippen MR) is 129 cm³/mol. The molecule has 1 aromatic carbocycles. The molecule has 0 spiro atoms. The number of alkyl halides is 2. The fourth-order valence-electron chi connectivity index (χ4n) is 5.98. The van der Waals surface area contributed by atoms with E-state index in [-0.39, 0.29) is 34.7 Å². The van der Waals surface area contributed by atoms with Gasteiger partial charge in [0.15, 0.2) is 21.2 Å². The van der Waals surface area contributed by atoms with Crippen LogP contribution >= 0.6 is 55.1 Å². The molecule has 2 aliphatic carbocycles. The largest absolute Gasteiger partial charge is 0.503 e. The van der Waals surface area contributed by atoms with Crippen LogP contribution in [0.4, 0.5) is 0 Å². The van der Waals surface area contributed by atoms with E-state index in [0.29, 0.717) is 15.6 Å². The summed E-state index contributed by atoms with van der Waals surface area (Å²) < 4.78 is 5.97. The van der Waals surface area contributed by atoms with E-state index in [1.807, 2.05) is 6.08 Å². The monoisotopic (exact) mass is 634 g/mol. The number of allylic oxidation sites excluding steroid dienone is 2. The summed E-state index contributed by atoms with van der Waals surface area (Å²) in [5, 5.41) is 12.8. The number of rotatable bonds is 2. The molecule has 0 bridgehead atoms. The smallest absolute Gasteiger partial charge is 0.253 e. The van der Waals surface area contributed by atoms with Crippen LogP contribution in [-0.2, 0) is 19.2 Å². The van der Waals surface area contributed by atoms with E-state index in [4.69, 9.17) is 27.9 Å². The van der Waals surface area contributed by atoms with E-state index in [9.17, 15) is 24.3 Å². The topological polar surface area (TPSA) is 113 Å². The Hall–Kier alpha value is -1.62. The second-order valence-corrected chi connectivity index (χ2v) is 11.8. The molecule has 0 aromatic heterocycles. The van der Waals surface area contributed by atoms with Gasteiger partial charge in [-0.3, -0.25) is 29.4 Å². The third-order valence-corrected chi connectivity index (χ3v) is 11.1. The molecule has 12 heteroatoms. The molecule has 2 aliphatic heterocycles. The highest BCUT2D eigenvalue weighted by Gasteiger charge is 2.75. The minimum atomic E-state index is -1.92. The number of fused-ring (bicyclic) bond motifs is 4. The lowest BCUT2D eigenvalue weighted by Gasteiger charge is -2.51. The number of nitrogens with one attached hydrogen (secondary N) is 1. The zero-order chi connectivity index (χ0) is 24.9. The van der Waals surface area contributed by atoms with Crippen molar-refractivity contribution in [3.8, 4) is 11.5 Å². The van der Waals surface area contributed by atoms with Crippen molar-refractivity contribution in [1.82, 2.24) is 10.2 Å². The van der Waals surface area contributed by atoms with Crippen LogP contribution in [0.2, 0.25) is 0 Å². The number of likely N-dealkylation sites (tertiary alicyclic amines) is 1. The fraction of sp³-hybridized carbons (Fsp3) is 0.455. The Labute approximate surface area is 221 Å². The van der Waals surface area contributed by atoms with Crippen molar-refractivity contribution in [1.29, 1.82) is 0 Å². The highest BCUT2D eigenvalue weighted by molar-refractivity contribution is 9.13. The maximum Gasteiger partial charge on any atom is 0.253 e. The number of carbonyl (C=O) groups excluding carboxylic acids is 4. The number of hydrogen-bond donors (Lipinski definition) is 2. The molecule has 1 aromatic rings. The summed E-state index contributed by atoms with van der Waals surface area (Å²) in [4.78, 5) is 49.2. The number of aromatic hydroxyl groups is 1. The molecule has 34 heavy (non-hydrogen) atoms. The molecule has 180 valence electrons. The molecule has 6 unspecified atom stereocenters. The fourth-order valence-corrected chi connectivity index (χ4v) is 7.94. The third-order valence-electron chi connectivity index (χ3n) is 7.56. The van der Waals surface area contributed by atoms with E-state index in [0.717, 1.165) is 4.90 Å². The van der Waals surface area contributed by atoms with Crippen LogP contribution in [0.3, 0.4) is 0 Å². The normalized spacial score (nSPS) is 36.6. The Morgan fingerprint density at radius 1 is 1.12 bits per heavy atom. The Morgan fingerprint density at radius 3 is 2.44 bits per heavy atom. The molecule has 2 saturated heterocycles. The van der Waals surface area contributed by atoms with Gasteiger partial charge >= 0.3 is 0 Å². The molecule has 2 heterocycles. The molecule has 3 fully saturated rings. The lowest BCUT2D eigenvalue weighted by atomic mass is 9.56.